The standard InChI is InChI=1S/C13H13BrCl2N4O/c1-2-3-18-11-6-12(20-13(17)19-11)21-10-5-8(15)7(14)4-9(10)16/h4-6H,2-3H2,1H3,(H3,17,18,19,20). The van der Waals surface area contributed by atoms with Crippen LogP contribution in [0.2, 0.25) is 10.0 Å². The van der Waals surface area contributed by atoms with Gasteiger partial charge in [0.15, 0.2) is 0 Å². The fourth-order valence-corrected chi connectivity index (χ4v) is 2.36. The second kappa shape index (κ2) is 7.15. The molecule has 0 aliphatic rings. The molecule has 0 radical (unpaired) electrons. The first-order valence-corrected chi connectivity index (χ1v) is 7.75. The molecule has 0 saturated carbocycles. The Hall–Kier alpha value is -1.24. The van der Waals surface area contributed by atoms with Crippen LogP contribution in [0.1, 0.15) is 13.3 Å². The monoisotopic (exact) mass is 390 g/mol. The predicted molar refractivity (Wildman–Crippen MR) is 89.5 cm³/mol. The third kappa shape index (κ3) is 4.36. The Morgan fingerprint density at radius 3 is 2.71 bits per heavy atom. The third-order valence-electron chi connectivity index (χ3n) is 2.47. The Balaban J connectivity index is 2.27. The fourth-order valence-electron chi connectivity index (χ4n) is 1.53. The minimum Gasteiger partial charge on any atom is -0.437 e. The highest BCUT2D eigenvalue weighted by Crippen LogP contribution is 2.36. The first-order valence-electron chi connectivity index (χ1n) is 6.20. The van der Waals surface area contributed by atoms with E-state index in [2.05, 4.69) is 38.1 Å². The van der Waals surface area contributed by atoms with Crippen LogP contribution in [0.25, 0.3) is 0 Å². The molecule has 112 valence electrons. The zero-order chi connectivity index (χ0) is 15.4. The number of hydrogen-bond donors (Lipinski definition) is 2. The van der Waals surface area contributed by atoms with Gasteiger partial charge in [0.05, 0.1) is 10.0 Å². The number of nitrogen functional groups attached to an aromatic ring is 1. The summed E-state index contributed by atoms with van der Waals surface area (Å²) < 4.78 is 6.33. The van der Waals surface area contributed by atoms with Crippen molar-refractivity contribution in [2.45, 2.75) is 13.3 Å². The molecule has 8 heteroatoms. The lowest BCUT2D eigenvalue weighted by molar-refractivity contribution is 0.463. The number of aromatic nitrogens is 2. The molecule has 2 rings (SSSR count). The highest BCUT2D eigenvalue weighted by molar-refractivity contribution is 9.10. The van der Waals surface area contributed by atoms with Gasteiger partial charge in [-0.1, -0.05) is 30.1 Å². The number of benzene rings is 1. The number of halogens is 3. The number of hydrogen-bond acceptors (Lipinski definition) is 5. The van der Waals surface area contributed by atoms with E-state index >= 15 is 0 Å². The summed E-state index contributed by atoms with van der Waals surface area (Å²) in [5.41, 5.74) is 5.67. The van der Waals surface area contributed by atoms with Crippen molar-refractivity contribution in [2.24, 2.45) is 0 Å². The quantitative estimate of drug-likeness (QED) is 0.720. The van der Waals surface area contributed by atoms with Crippen LogP contribution in [0.4, 0.5) is 11.8 Å². The molecule has 0 amide bonds. The first-order chi connectivity index (χ1) is 9.99. The van der Waals surface area contributed by atoms with E-state index in [1.165, 1.54) is 0 Å². The molecule has 0 saturated heterocycles. The molecule has 3 N–H and O–H groups in total. The minimum absolute atomic E-state index is 0.116. The third-order valence-corrected chi connectivity index (χ3v) is 3.96. The maximum absolute atomic E-state index is 6.11. The van der Waals surface area contributed by atoms with E-state index in [1.54, 1.807) is 18.2 Å². The van der Waals surface area contributed by atoms with Crippen molar-refractivity contribution >= 4 is 50.9 Å². The molecule has 0 spiro atoms. The number of anilines is 2. The zero-order valence-corrected chi connectivity index (χ0v) is 14.3. The first kappa shape index (κ1) is 16.1. The smallest absolute Gasteiger partial charge is 0.226 e. The van der Waals surface area contributed by atoms with E-state index in [9.17, 15) is 0 Å². The molecule has 0 bridgehead atoms. The van der Waals surface area contributed by atoms with Crippen molar-refractivity contribution in [1.82, 2.24) is 9.97 Å². The molecular weight excluding hydrogens is 379 g/mol. The van der Waals surface area contributed by atoms with Crippen LogP contribution in [0, 0.1) is 0 Å². The van der Waals surface area contributed by atoms with Gasteiger partial charge < -0.3 is 15.8 Å². The van der Waals surface area contributed by atoms with Crippen molar-refractivity contribution in [3.63, 3.8) is 0 Å². The molecule has 1 heterocycles. The van der Waals surface area contributed by atoms with Gasteiger partial charge in [-0.05, 0) is 28.4 Å². The largest absolute Gasteiger partial charge is 0.437 e. The van der Waals surface area contributed by atoms with Crippen molar-refractivity contribution < 1.29 is 4.74 Å². The number of nitrogens with one attached hydrogen (secondary N) is 1. The predicted octanol–water partition coefficient (Wildman–Crippen LogP) is 4.74. The van der Waals surface area contributed by atoms with Crippen LogP contribution in [-0.4, -0.2) is 16.5 Å². The molecule has 1 aromatic heterocycles. The van der Waals surface area contributed by atoms with Gasteiger partial charge in [0, 0.05) is 23.2 Å². The summed E-state index contributed by atoms with van der Waals surface area (Å²) in [5, 5.41) is 4.01. The van der Waals surface area contributed by atoms with E-state index in [1.807, 2.05) is 0 Å². The molecule has 2 aromatic rings. The van der Waals surface area contributed by atoms with Crippen LogP contribution < -0.4 is 15.8 Å². The van der Waals surface area contributed by atoms with E-state index < -0.39 is 0 Å². The van der Waals surface area contributed by atoms with Gasteiger partial charge in [-0.2, -0.15) is 9.97 Å². The molecule has 0 aliphatic carbocycles. The van der Waals surface area contributed by atoms with Crippen LogP contribution in [-0.2, 0) is 0 Å². The van der Waals surface area contributed by atoms with E-state index in [0.29, 0.717) is 32.0 Å². The zero-order valence-electron chi connectivity index (χ0n) is 11.2. The number of nitrogens with zero attached hydrogens (tertiary/aromatic N) is 2. The molecule has 1 aromatic carbocycles. The van der Waals surface area contributed by atoms with Crippen LogP contribution in [0.3, 0.4) is 0 Å². The van der Waals surface area contributed by atoms with E-state index in [4.69, 9.17) is 33.7 Å². The van der Waals surface area contributed by atoms with Gasteiger partial charge in [-0.25, -0.2) is 0 Å². The highest BCUT2D eigenvalue weighted by atomic mass is 79.9. The van der Waals surface area contributed by atoms with Crippen molar-refractivity contribution in [3.05, 3.63) is 32.7 Å². The van der Waals surface area contributed by atoms with E-state index in [0.717, 1.165) is 13.0 Å². The molecule has 0 aliphatic heterocycles. The summed E-state index contributed by atoms with van der Waals surface area (Å²) in [7, 11) is 0. The normalized spacial score (nSPS) is 10.5. The second-order valence-corrected chi connectivity index (χ2v) is 5.84. The molecule has 0 unspecified atom stereocenters. The number of rotatable bonds is 5. The van der Waals surface area contributed by atoms with Gasteiger partial charge in [-0.15, -0.1) is 0 Å². The maximum atomic E-state index is 6.11. The topological polar surface area (TPSA) is 73.1 Å². The summed E-state index contributed by atoms with van der Waals surface area (Å²) in [5.74, 6) is 1.40. The molecule has 5 nitrogen and oxygen atoms in total. The van der Waals surface area contributed by atoms with Crippen molar-refractivity contribution in [1.29, 1.82) is 0 Å². The van der Waals surface area contributed by atoms with Gasteiger partial charge in [0.2, 0.25) is 11.8 Å². The van der Waals surface area contributed by atoms with Crippen molar-refractivity contribution in [2.75, 3.05) is 17.6 Å². The molecule has 0 atom stereocenters. The van der Waals surface area contributed by atoms with Gasteiger partial charge in [0.25, 0.3) is 0 Å². The lowest BCUT2D eigenvalue weighted by atomic mass is 10.3. The maximum Gasteiger partial charge on any atom is 0.226 e. The average Bonchev–Trinajstić information content (AvgIpc) is 2.42. The summed E-state index contributed by atoms with van der Waals surface area (Å²) in [6, 6.07) is 4.91. The Labute approximate surface area is 140 Å². The molecule has 0 fully saturated rings. The van der Waals surface area contributed by atoms with Crippen LogP contribution in [0.15, 0.2) is 22.7 Å². The van der Waals surface area contributed by atoms with Crippen LogP contribution in [0.5, 0.6) is 11.6 Å². The Bertz CT molecular complexity index is 654. The van der Waals surface area contributed by atoms with Gasteiger partial charge >= 0.3 is 0 Å². The van der Waals surface area contributed by atoms with E-state index in [-0.39, 0.29) is 5.95 Å². The summed E-state index contributed by atoms with van der Waals surface area (Å²) in [6.45, 7) is 2.83. The SMILES string of the molecule is CCCNc1cc(Oc2cc(Cl)c(Br)cc2Cl)nc(N)n1. The summed E-state index contributed by atoms with van der Waals surface area (Å²) in [6.07, 6.45) is 0.967. The molecular formula is C13H13BrCl2N4O. The summed E-state index contributed by atoms with van der Waals surface area (Å²) in [4.78, 5) is 8.10. The Morgan fingerprint density at radius 1 is 1.24 bits per heavy atom. The lowest BCUT2D eigenvalue weighted by Gasteiger charge is -2.10. The van der Waals surface area contributed by atoms with Crippen LogP contribution >= 0.6 is 39.1 Å². The average molecular weight is 392 g/mol. The van der Waals surface area contributed by atoms with Crippen molar-refractivity contribution in [3.8, 4) is 11.6 Å². The Morgan fingerprint density at radius 2 is 2.00 bits per heavy atom. The summed E-state index contributed by atoms with van der Waals surface area (Å²) >= 11 is 15.4. The fraction of sp³-hybridized carbons (Fsp3) is 0.231. The minimum atomic E-state index is 0.116. The number of ether oxygens (including phenoxy) is 1. The Kier molecular flexibility index (Phi) is 5.50. The van der Waals surface area contributed by atoms with Gasteiger partial charge in [0.1, 0.15) is 11.6 Å². The lowest BCUT2D eigenvalue weighted by Crippen LogP contribution is -2.05. The second-order valence-electron chi connectivity index (χ2n) is 4.18. The highest BCUT2D eigenvalue weighted by Gasteiger charge is 2.10. The molecule has 21 heavy (non-hydrogen) atoms. The number of nitrogens with two attached hydrogens (primary N) is 1. The van der Waals surface area contributed by atoms with Gasteiger partial charge in [-0.3, -0.25) is 0 Å².